The Morgan fingerprint density at radius 3 is 2.67 bits per heavy atom. The Kier molecular flexibility index (Phi) is 5.01. The van der Waals surface area contributed by atoms with E-state index in [2.05, 4.69) is 9.97 Å². The number of imidazole rings is 1. The summed E-state index contributed by atoms with van der Waals surface area (Å²) in [6.45, 7) is 1.86. The van der Waals surface area contributed by atoms with Crippen LogP contribution in [0.4, 0.5) is 19.0 Å². The summed E-state index contributed by atoms with van der Waals surface area (Å²) in [6, 6.07) is 7.20. The molecule has 0 saturated heterocycles. The Balaban J connectivity index is 2.13. The standard InChI is InChI=1S/C17H15F3N4O2S/c1-3-26-16(25)10-5-7-13(21)23-14(10)15-22-11-8-9(27-17(18,19)20)4-6-12(11)24(15)2/h4-8H,3H2,1-2H3,(H2,21,23). The first-order valence-corrected chi connectivity index (χ1v) is 8.67. The average molecular weight is 396 g/mol. The van der Waals surface area contributed by atoms with Crippen LogP contribution < -0.4 is 5.73 Å². The van der Waals surface area contributed by atoms with Crippen LogP contribution in [0.1, 0.15) is 17.3 Å². The number of anilines is 1. The molecule has 3 aromatic rings. The normalized spacial score (nSPS) is 11.7. The van der Waals surface area contributed by atoms with Gasteiger partial charge in [0.2, 0.25) is 0 Å². The van der Waals surface area contributed by atoms with E-state index in [0.717, 1.165) is 0 Å². The van der Waals surface area contributed by atoms with E-state index >= 15 is 0 Å². The number of carbonyl (C=O) groups excluding carboxylic acids is 1. The lowest BCUT2D eigenvalue weighted by Gasteiger charge is -2.09. The monoisotopic (exact) mass is 396 g/mol. The number of fused-ring (bicyclic) bond motifs is 1. The van der Waals surface area contributed by atoms with Crippen molar-refractivity contribution < 1.29 is 22.7 Å². The highest BCUT2D eigenvalue weighted by Gasteiger charge is 2.29. The van der Waals surface area contributed by atoms with E-state index in [-0.39, 0.29) is 40.3 Å². The van der Waals surface area contributed by atoms with Crippen LogP contribution in [0, 0.1) is 0 Å². The highest BCUT2D eigenvalue weighted by molar-refractivity contribution is 8.00. The van der Waals surface area contributed by atoms with Crippen molar-refractivity contribution in [3.63, 3.8) is 0 Å². The number of nitrogens with zero attached hydrogens (tertiary/aromatic N) is 3. The average Bonchev–Trinajstić information content (AvgIpc) is 2.89. The molecule has 1 aromatic carbocycles. The molecular formula is C17H15F3N4O2S. The molecule has 142 valence electrons. The Hall–Kier alpha value is -2.75. The summed E-state index contributed by atoms with van der Waals surface area (Å²) < 4.78 is 44.5. The maximum Gasteiger partial charge on any atom is 0.446 e. The zero-order valence-electron chi connectivity index (χ0n) is 14.4. The van der Waals surface area contributed by atoms with Gasteiger partial charge in [-0.1, -0.05) is 0 Å². The summed E-state index contributed by atoms with van der Waals surface area (Å²) in [4.78, 5) is 20.8. The van der Waals surface area contributed by atoms with Gasteiger partial charge in [-0.25, -0.2) is 14.8 Å². The van der Waals surface area contributed by atoms with Crippen LogP contribution in [0.15, 0.2) is 35.2 Å². The number of aryl methyl sites for hydroxylation is 1. The number of halogens is 3. The lowest BCUT2D eigenvalue weighted by molar-refractivity contribution is -0.0328. The zero-order chi connectivity index (χ0) is 19.8. The van der Waals surface area contributed by atoms with Gasteiger partial charge < -0.3 is 15.0 Å². The van der Waals surface area contributed by atoms with Crippen molar-refractivity contribution in [3.05, 3.63) is 35.9 Å². The molecule has 0 amide bonds. The number of hydrogen-bond donors (Lipinski definition) is 1. The lowest BCUT2D eigenvalue weighted by atomic mass is 10.2. The first-order chi connectivity index (χ1) is 12.7. The largest absolute Gasteiger partial charge is 0.462 e. The fourth-order valence-corrected chi connectivity index (χ4v) is 3.18. The van der Waals surface area contributed by atoms with Crippen molar-refractivity contribution in [2.24, 2.45) is 7.05 Å². The molecule has 6 nitrogen and oxygen atoms in total. The minimum absolute atomic E-state index is 0.0193. The molecule has 27 heavy (non-hydrogen) atoms. The van der Waals surface area contributed by atoms with Crippen molar-refractivity contribution >= 4 is 34.6 Å². The van der Waals surface area contributed by atoms with Crippen LogP contribution in [0.3, 0.4) is 0 Å². The van der Waals surface area contributed by atoms with Crippen LogP contribution in [0.5, 0.6) is 0 Å². The van der Waals surface area contributed by atoms with Crippen LogP contribution in [-0.2, 0) is 11.8 Å². The molecule has 0 aliphatic heterocycles. The van der Waals surface area contributed by atoms with Crippen LogP contribution in [0.2, 0.25) is 0 Å². The van der Waals surface area contributed by atoms with Gasteiger partial charge in [0.05, 0.1) is 23.2 Å². The molecular weight excluding hydrogens is 381 g/mol. The number of ether oxygens (including phenoxy) is 1. The molecule has 10 heteroatoms. The van der Waals surface area contributed by atoms with Crippen molar-refractivity contribution in [1.82, 2.24) is 14.5 Å². The second kappa shape index (κ2) is 7.10. The predicted molar refractivity (Wildman–Crippen MR) is 96.2 cm³/mol. The van der Waals surface area contributed by atoms with Gasteiger partial charge in [0, 0.05) is 11.9 Å². The van der Waals surface area contributed by atoms with E-state index < -0.39 is 11.5 Å². The number of nitrogens with two attached hydrogens (primary N) is 1. The topological polar surface area (TPSA) is 83.0 Å². The molecule has 0 saturated carbocycles. The minimum atomic E-state index is -4.39. The fourth-order valence-electron chi connectivity index (χ4n) is 2.61. The number of rotatable bonds is 4. The second-order valence-corrected chi connectivity index (χ2v) is 6.68. The minimum Gasteiger partial charge on any atom is -0.462 e. The van der Waals surface area contributed by atoms with Gasteiger partial charge in [0.15, 0.2) is 5.82 Å². The second-order valence-electron chi connectivity index (χ2n) is 5.55. The van der Waals surface area contributed by atoms with Crippen LogP contribution in [0.25, 0.3) is 22.6 Å². The third-order valence-corrected chi connectivity index (χ3v) is 4.43. The lowest BCUT2D eigenvalue weighted by Crippen LogP contribution is -2.10. The Bertz CT molecular complexity index is 1020. The maximum atomic E-state index is 12.6. The number of nitrogen functional groups attached to an aromatic ring is 1. The van der Waals surface area contributed by atoms with Gasteiger partial charge in [-0.3, -0.25) is 0 Å². The van der Waals surface area contributed by atoms with E-state index in [1.807, 2.05) is 0 Å². The highest BCUT2D eigenvalue weighted by Crippen LogP contribution is 2.38. The fraction of sp³-hybridized carbons (Fsp3) is 0.235. The molecule has 0 atom stereocenters. The predicted octanol–water partition coefficient (Wildman–Crippen LogP) is 4.01. The van der Waals surface area contributed by atoms with Crippen molar-refractivity contribution in [3.8, 4) is 11.5 Å². The summed E-state index contributed by atoms with van der Waals surface area (Å²) in [6.07, 6.45) is 0. The molecule has 0 unspecified atom stereocenters. The first-order valence-electron chi connectivity index (χ1n) is 7.86. The van der Waals surface area contributed by atoms with E-state index in [9.17, 15) is 18.0 Å². The number of carbonyl (C=O) groups is 1. The van der Waals surface area contributed by atoms with Crippen LogP contribution >= 0.6 is 11.8 Å². The Morgan fingerprint density at radius 1 is 1.26 bits per heavy atom. The molecule has 2 N–H and O–H groups in total. The molecule has 0 bridgehead atoms. The zero-order valence-corrected chi connectivity index (χ0v) is 15.2. The van der Waals surface area contributed by atoms with Gasteiger partial charge in [0.25, 0.3) is 0 Å². The quantitative estimate of drug-likeness (QED) is 0.530. The summed E-state index contributed by atoms with van der Waals surface area (Å²) in [5.74, 6) is -0.103. The van der Waals surface area contributed by atoms with Crippen molar-refractivity contribution in [2.75, 3.05) is 12.3 Å². The summed E-state index contributed by atoms with van der Waals surface area (Å²) in [7, 11) is 1.68. The Labute approximate surface area is 156 Å². The van der Waals surface area contributed by atoms with Gasteiger partial charge in [-0.2, -0.15) is 13.2 Å². The molecule has 0 aliphatic carbocycles. The molecule has 0 fully saturated rings. The number of aromatic nitrogens is 3. The number of esters is 1. The van der Waals surface area contributed by atoms with Crippen molar-refractivity contribution in [2.45, 2.75) is 17.3 Å². The molecule has 0 spiro atoms. The summed E-state index contributed by atoms with van der Waals surface area (Å²) >= 11 is -0.215. The molecule has 2 heterocycles. The number of alkyl halides is 3. The summed E-state index contributed by atoms with van der Waals surface area (Å²) in [5, 5.41) is 0. The van der Waals surface area contributed by atoms with E-state index in [4.69, 9.17) is 10.5 Å². The van der Waals surface area contributed by atoms with E-state index in [1.165, 1.54) is 30.3 Å². The number of thioether (sulfide) groups is 1. The Morgan fingerprint density at radius 2 is 2.00 bits per heavy atom. The summed E-state index contributed by atoms with van der Waals surface area (Å²) in [5.41, 5.74) is 2.68. The number of benzene rings is 1. The number of pyridine rings is 1. The number of hydrogen-bond acceptors (Lipinski definition) is 6. The smallest absolute Gasteiger partial charge is 0.446 e. The molecule has 3 rings (SSSR count). The van der Waals surface area contributed by atoms with Gasteiger partial charge >= 0.3 is 11.5 Å². The van der Waals surface area contributed by atoms with E-state index in [0.29, 0.717) is 16.9 Å². The molecule has 2 aromatic heterocycles. The third kappa shape index (κ3) is 4.00. The van der Waals surface area contributed by atoms with Gasteiger partial charge in [-0.05, 0) is 49.0 Å². The van der Waals surface area contributed by atoms with Gasteiger partial charge in [0.1, 0.15) is 11.5 Å². The molecule has 0 aliphatic rings. The first kappa shape index (κ1) is 19.0. The van der Waals surface area contributed by atoms with Crippen LogP contribution in [-0.4, -0.2) is 32.6 Å². The van der Waals surface area contributed by atoms with Gasteiger partial charge in [-0.15, -0.1) is 0 Å². The van der Waals surface area contributed by atoms with Crippen molar-refractivity contribution in [1.29, 1.82) is 0 Å². The maximum absolute atomic E-state index is 12.6. The van der Waals surface area contributed by atoms with E-state index in [1.54, 1.807) is 18.5 Å². The SMILES string of the molecule is CCOC(=O)c1ccc(N)nc1-c1nc2cc(SC(F)(F)F)ccc2n1C. The highest BCUT2D eigenvalue weighted by atomic mass is 32.2. The third-order valence-electron chi connectivity index (χ3n) is 3.71. The molecule has 0 radical (unpaired) electrons.